The van der Waals surface area contributed by atoms with Crippen molar-refractivity contribution in [3.05, 3.63) is 44.8 Å². The zero-order chi connectivity index (χ0) is 13.0. The van der Waals surface area contributed by atoms with E-state index < -0.39 is 0 Å². The summed E-state index contributed by atoms with van der Waals surface area (Å²) in [7, 11) is 0. The number of thiazole rings is 1. The maximum atomic E-state index is 11.9. The fourth-order valence-corrected chi connectivity index (χ4v) is 2.61. The van der Waals surface area contributed by atoms with Crippen molar-refractivity contribution >= 4 is 38.9 Å². The number of benzene rings is 1. The van der Waals surface area contributed by atoms with Crippen molar-refractivity contribution in [3.8, 4) is 0 Å². The van der Waals surface area contributed by atoms with Crippen LogP contribution in [-0.4, -0.2) is 17.4 Å². The lowest BCUT2D eigenvalue weighted by Crippen LogP contribution is -2.12. The lowest BCUT2D eigenvalue weighted by atomic mass is 10.3. The maximum absolute atomic E-state index is 11.9. The van der Waals surface area contributed by atoms with Crippen molar-refractivity contribution in [2.45, 2.75) is 6.42 Å². The Morgan fingerprint density at radius 1 is 1.50 bits per heavy atom. The average Bonchev–Trinajstić information content (AvgIpc) is 2.78. The van der Waals surface area contributed by atoms with Crippen molar-refractivity contribution in [2.24, 2.45) is 5.73 Å². The van der Waals surface area contributed by atoms with Gasteiger partial charge in [-0.05, 0) is 24.7 Å². The largest absolute Gasteiger partial charge is 0.330 e. The van der Waals surface area contributed by atoms with Gasteiger partial charge in [0.05, 0.1) is 5.01 Å². The van der Waals surface area contributed by atoms with Gasteiger partial charge in [0.2, 0.25) is 0 Å². The third-order valence-corrected chi connectivity index (χ3v) is 3.63. The molecule has 0 saturated carbocycles. The fraction of sp³-hybridized carbons (Fsp3) is 0.167. The van der Waals surface area contributed by atoms with Gasteiger partial charge in [0, 0.05) is 22.0 Å². The van der Waals surface area contributed by atoms with Crippen LogP contribution >= 0.6 is 27.3 Å². The molecule has 0 aliphatic rings. The number of amides is 1. The lowest BCUT2D eigenvalue weighted by molar-refractivity contribution is 0.102. The highest BCUT2D eigenvalue weighted by Gasteiger charge is 2.10. The quantitative estimate of drug-likeness (QED) is 0.908. The molecule has 0 radical (unpaired) electrons. The van der Waals surface area contributed by atoms with E-state index in [-0.39, 0.29) is 5.91 Å². The number of hydrogen-bond acceptors (Lipinski definition) is 4. The minimum atomic E-state index is -0.201. The van der Waals surface area contributed by atoms with Crippen LogP contribution in [0.1, 0.15) is 15.5 Å². The summed E-state index contributed by atoms with van der Waals surface area (Å²) in [4.78, 5) is 16.2. The number of nitrogens with zero attached hydrogens (tertiary/aromatic N) is 1. The Morgan fingerprint density at radius 3 is 3.06 bits per heavy atom. The summed E-state index contributed by atoms with van der Waals surface area (Å²) in [5, 5.41) is 5.43. The van der Waals surface area contributed by atoms with Crippen LogP contribution in [0, 0.1) is 0 Å². The second-order valence-corrected chi connectivity index (χ2v) is 5.49. The summed E-state index contributed by atoms with van der Waals surface area (Å²) in [5.41, 5.74) is 6.62. The highest BCUT2D eigenvalue weighted by Crippen LogP contribution is 2.17. The van der Waals surface area contributed by atoms with Gasteiger partial charge in [-0.2, -0.15) is 0 Å². The molecule has 0 unspecified atom stereocenters. The number of carbonyl (C=O) groups is 1. The number of hydrogen-bond donors (Lipinski definition) is 2. The van der Waals surface area contributed by atoms with E-state index in [2.05, 4.69) is 26.2 Å². The molecule has 0 atom stereocenters. The molecule has 94 valence electrons. The Hall–Kier alpha value is -1.24. The first-order valence-corrected chi connectivity index (χ1v) is 7.07. The molecule has 0 bridgehead atoms. The molecule has 0 spiro atoms. The summed E-state index contributed by atoms with van der Waals surface area (Å²) in [6.07, 6.45) is 0.703. The molecule has 1 amide bonds. The van der Waals surface area contributed by atoms with Gasteiger partial charge >= 0.3 is 0 Å². The number of rotatable bonds is 4. The Kier molecular flexibility index (Phi) is 4.46. The van der Waals surface area contributed by atoms with Crippen molar-refractivity contribution in [1.82, 2.24) is 4.98 Å². The highest BCUT2D eigenvalue weighted by molar-refractivity contribution is 9.10. The number of anilines is 1. The second kappa shape index (κ2) is 6.08. The molecule has 2 rings (SSSR count). The van der Waals surface area contributed by atoms with Crippen LogP contribution < -0.4 is 11.1 Å². The molecule has 6 heteroatoms. The monoisotopic (exact) mass is 325 g/mol. The molecule has 4 nitrogen and oxygen atoms in total. The lowest BCUT2D eigenvalue weighted by Gasteiger charge is -2.03. The molecule has 1 aromatic carbocycles. The summed E-state index contributed by atoms with van der Waals surface area (Å²) < 4.78 is 0.919. The van der Waals surface area contributed by atoms with Crippen molar-refractivity contribution in [2.75, 3.05) is 11.9 Å². The van der Waals surface area contributed by atoms with Crippen LogP contribution in [0.25, 0.3) is 0 Å². The van der Waals surface area contributed by atoms with Gasteiger partial charge in [-0.15, -0.1) is 11.3 Å². The van der Waals surface area contributed by atoms with Gasteiger partial charge in [-0.3, -0.25) is 4.79 Å². The zero-order valence-corrected chi connectivity index (χ0v) is 11.9. The van der Waals surface area contributed by atoms with Crippen LogP contribution in [-0.2, 0) is 6.42 Å². The third-order valence-electron chi connectivity index (χ3n) is 2.23. The first-order chi connectivity index (χ1) is 8.69. The van der Waals surface area contributed by atoms with Gasteiger partial charge in [-0.1, -0.05) is 22.0 Å². The topological polar surface area (TPSA) is 68.0 Å². The Balaban J connectivity index is 2.07. The minimum Gasteiger partial charge on any atom is -0.330 e. The van der Waals surface area contributed by atoms with Crippen molar-refractivity contribution in [3.63, 3.8) is 0 Å². The molecule has 18 heavy (non-hydrogen) atoms. The van der Waals surface area contributed by atoms with Crippen molar-refractivity contribution < 1.29 is 4.79 Å². The fourth-order valence-electron chi connectivity index (χ4n) is 1.41. The normalized spacial score (nSPS) is 10.3. The van der Waals surface area contributed by atoms with E-state index in [1.165, 1.54) is 11.3 Å². The molecule has 2 aromatic rings. The second-order valence-electron chi connectivity index (χ2n) is 3.63. The number of halogens is 1. The SMILES string of the molecule is NCCc1nc(C(=O)Nc2cccc(Br)c2)cs1. The molecular weight excluding hydrogens is 314 g/mol. The first kappa shape index (κ1) is 13.2. The summed E-state index contributed by atoms with van der Waals surface area (Å²) in [5.74, 6) is -0.201. The van der Waals surface area contributed by atoms with Crippen LogP contribution in [0.15, 0.2) is 34.1 Å². The minimum absolute atomic E-state index is 0.201. The summed E-state index contributed by atoms with van der Waals surface area (Å²) in [6.45, 7) is 0.542. The van der Waals surface area contributed by atoms with Gasteiger partial charge in [-0.25, -0.2) is 4.98 Å². The molecule has 3 N–H and O–H groups in total. The number of aromatic nitrogens is 1. The van der Waals surface area contributed by atoms with Crippen LogP contribution in [0.2, 0.25) is 0 Å². The van der Waals surface area contributed by atoms with Gasteiger partial charge in [0.1, 0.15) is 5.69 Å². The Labute approximate surface area is 117 Å². The van der Waals surface area contributed by atoms with E-state index in [1.807, 2.05) is 24.3 Å². The molecule has 0 aliphatic heterocycles. The molecule has 0 aliphatic carbocycles. The number of nitrogens with one attached hydrogen (secondary N) is 1. The maximum Gasteiger partial charge on any atom is 0.275 e. The summed E-state index contributed by atoms with van der Waals surface area (Å²) in [6, 6.07) is 7.43. The van der Waals surface area contributed by atoms with E-state index in [0.29, 0.717) is 18.7 Å². The van der Waals surface area contributed by atoms with Crippen LogP contribution in [0.5, 0.6) is 0 Å². The van der Waals surface area contributed by atoms with E-state index in [4.69, 9.17) is 5.73 Å². The van der Waals surface area contributed by atoms with Gasteiger partial charge < -0.3 is 11.1 Å². The van der Waals surface area contributed by atoms with E-state index in [1.54, 1.807) is 5.38 Å². The van der Waals surface area contributed by atoms with Gasteiger partial charge in [0.25, 0.3) is 5.91 Å². The zero-order valence-electron chi connectivity index (χ0n) is 9.52. The standard InChI is InChI=1S/C12H12BrN3OS/c13-8-2-1-3-9(6-8)15-12(17)10-7-18-11(16-10)4-5-14/h1-3,6-7H,4-5,14H2,(H,15,17). The molecule has 1 heterocycles. The predicted molar refractivity (Wildman–Crippen MR) is 77.0 cm³/mol. The van der Waals surface area contributed by atoms with Crippen LogP contribution in [0.4, 0.5) is 5.69 Å². The Bertz CT molecular complexity index is 556. The first-order valence-electron chi connectivity index (χ1n) is 5.40. The molecule has 1 aromatic heterocycles. The van der Waals surface area contributed by atoms with E-state index in [9.17, 15) is 4.79 Å². The van der Waals surface area contributed by atoms with E-state index >= 15 is 0 Å². The highest BCUT2D eigenvalue weighted by atomic mass is 79.9. The third kappa shape index (κ3) is 3.38. The smallest absolute Gasteiger partial charge is 0.275 e. The average molecular weight is 326 g/mol. The number of carbonyl (C=O) groups excluding carboxylic acids is 1. The number of nitrogens with two attached hydrogens (primary N) is 1. The van der Waals surface area contributed by atoms with Crippen LogP contribution in [0.3, 0.4) is 0 Å². The van der Waals surface area contributed by atoms with E-state index in [0.717, 1.165) is 15.2 Å². The van der Waals surface area contributed by atoms with Crippen molar-refractivity contribution in [1.29, 1.82) is 0 Å². The van der Waals surface area contributed by atoms with Gasteiger partial charge in [0.15, 0.2) is 0 Å². The molecule has 0 saturated heterocycles. The Morgan fingerprint density at radius 2 is 2.33 bits per heavy atom. The summed E-state index contributed by atoms with van der Waals surface area (Å²) >= 11 is 4.81. The predicted octanol–water partition coefficient (Wildman–Crippen LogP) is 2.66. The molecule has 0 fully saturated rings. The molecular formula is C12H12BrN3OS.